The van der Waals surface area contributed by atoms with Crippen LogP contribution in [-0.2, 0) is 6.42 Å². The van der Waals surface area contributed by atoms with Gasteiger partial charge in [0.05, 0.1) is 5.84 Å². The molecule has 3 N–H and O–H groups in total. The lowest BCUT2D eigenvalue weighted by molar-refractivity contribution is 0.783. The van der Waals surface area contributed by atoms with Gasteiger partial charge in [0.2, 0.25) is 0 Å². The summed E-state index contributed by atoms with van der Waals surface area (Å²) in [4.78, 5) is 8.18. The van der Waals surface area contributed by atoms with Gasteiger partial charge in [-0.05, 0) is 6.42 Å². The Morgan fingerprint density at radius 3 is 3.15 bits per heavy atom. The maximum absolute atomic E-state index is 5.55. The van der Waals surface area contributed by atoms with E-state index in [-0.39, 0.29) is 0 Å². The number of H-pyrrole nitrogens is 1. The summed E-state index contributed by atoms with van der Waals surface area (Å²) in [5.74, 6) is 1.63. The van der Waals surface area contributed by atoms with Crippen molar-refractivity contribution >= 4 is 5.84 Å². The molecule has 0 aliphatic carbocycles. The molecule has 0 fully saturated rings. The lowest BCUT2D eigenvalue weighted by Gasteiger charge is -1.95. The van der Waals surface area contributed by atoms with E-state index in [0.29, 0.717) is 0 Å². The molecule has 0 amide bonds. The Morgan fingerprint density at radius 1 is 1.69 bits per heavy atom. The van der Waals surface area contributed by atoms with Crippen molar-refractivity contribution in [3.63, 3.8) is 0 Å². The summed E-state index contributed by atoms with van der Waals surface area (Å²) in [6, 6.07) is 0. The number of hydrogen-bond acceptors (Lipinski definition) is 3. The van der Waals surface area contributed by atoms with Crippen molar-refractivity contribution in [1.82, 2.24) is 15.2 Å². The van der Waals surface area contributed by atoms with E-state index < -0.39 is 0 Å². The summed E-state index contributed by atoms with van der Waals surface area (Å²) < 4.78 is 0. The minimum atomic E-state index is 0.720. The van der Waals surface area contributed by atoms with Crippen molar-refractivity contribution in [2.75, 3.05) is 6.54 Å². The minimum absolute atomic E-state index is 0.720. The third kappa shape index (κ3) is 3.68. The lowest BCUT2D eigenvalue weighted by atomic mass is 10.3. The molecule has 0 spiro atoms. The SMILES string of the molecule is CCC(N)=NCCCc1ncn[nH]1. The summed E-state index contributed by atoms with van der Waals surface area (Å²) in [7, 11) is 0. The van der Waals surface area contributed by atoms with E-state index in [1.807, 2.05) is 6.92 Å². The van der Waals surface area contributed by atoms with Crippen molar-refractivity contribution in [3.05, 3.63) is 12.2 Å². The number of nitrogens with two attached hydrogens (primary N) is 1. The molecule has 0 aliphatic heterocycles. The Kier molecular flexibility index (Phi) is 3.95. The third-order valence-corrected chi connectivity index (χ3v) is 1.71. The number of aromatic nitrogens is 3. The fourth-order valence-electron chi connectivity index (χ4n) is 0.932. The van der Waals surface area contributed by atoms with Crippen molar-refractivity contribution in [2.45, 2.75) is 26.2 Å². The summed E-state index contributed by atoms with van der Waals surface area (Å²) in [6.45, 7) is 2.76. The van der Waals surface area contributed by atoms with Gasteiger partial charge in [-0.1, -0.05) is 6.92 Å². The second-order valence-corrected chi connectivity index (χ2v) is 2.76. The zero-order chi connectivity index (χ0) is 9.52. The number of amidine groups is 1. The van der Waals surface area contributed by atoms with E-state index in [0.717, 1.165) is 37.5 Å². The van der Waals surface area contributed by atoms with Gasteiger partial charge < -0.3 is 5.73 Å². The van der Waals surface area contributed by atoms with Crippen molar-refractivity contribution in [2.24, 2.45) is 10.7 Å². The van der Waals surface area contributed by atoms with Crippen LogP contribution < -0.4 is 5.73 Å². The zero-order valence-electron chi connectivity index (χ0n) is 7.82. The molecule has 1 heterocycles. The average Bonchev–Trinajstić information content (AvgIpc) is 2.64. The molecule has 1 aromatic heterocycles. The van der Waals surface area contributed by atoms with Crippen LogP contribution >= 0.6 is 0 Å². The first-order chi connectivity index (χ1) is 6.33. The van der Waals surface area contributed by atoms with Crippen LogP contribution in [0, 0.1) is 0 Å². The van der Waals surface area contributed by atoms with Crippen LogP contribution in [0.1, 0.15) is 25.6 Å². The molecule has 0 unspecified atom stereocenters. The number of aromatic amines is 1. The van der Waals surface area contributed by atoms with Crippen LogP contribution in [0.4, 0.5) is 0 Å². The van der Waals surface area contributed by atoms with E-state index in [4.69, 9.17) is 5.73 Å². The standard InChI is InChI=1S/C8H15N5/c1-2-7(9)10-5-3-4-8-11-6-12-13-8/h6H,2-5H2,1H3,(H2,9,10)(H,11,12,13). The first-order valence-corrected chi connectivity index (χ1v) is 4.46. The first-order valence-electron chi connectivity index (χ1n) is 4.46. The molecule has 1 aromatic rings. The Balaban J connectivity index is 2.15. The van der Waals surface area contributed by atoms with Crippen LogP contribution in [-0.4, -0.2) is 27.6 Å². The Morgan fingerprint density at radius 2 is 2.54 bits per heavy atom. The van der Waals surface area contributed by atoms with Gasteiger partial charge in [0, 0.05) is 19.4 Å². The van der Waals surface area contributed by atoms with Gasteiger partial charge in [0.25, 0.3) is 0 Å². The van der Waals surface area contributed by atoms with Crippen molar-refractivity contribution in [1.29, 1.82) is 0 Å². The Bertz CT molecular complexity index is 252. The number of aryl methyl sites for hydroxylation is 1. The highest BCUT2D eigenvalue weighted by molar-refractivity contribution is 5.79. The van der Waals surface area contributed by atoms with E-state index >= 15 is 0 Å². The van der Waals surface area contributed by atoms with E-state index in [9.17, 15) is 0 Å². The van der Waals surface area contributed by atoms with Gasteiger partial charge in [-0.3, -0.25) is 10.1 Å². The quantitative estimate of drug-likeness (QED) is 0.394. The molecule has 0 saturated carbocycles. The van der Waals surface area contributed by atoms with E-state index in [1.165, 1.54) is 6.33 Å². The highest BCUT2D eigenvalue weighted by Gasteiger charge is 1.94. The van der Waals surface area contributed by atoms with Gasteiger partial charge in [0.1, 0.15) is 12.2 Å². The molecule has 0 bridgehead atoms. The second kappa shape index (κ2) is 5.29. The number of hydrogen-bond donors (Lipinski definition) is 2. The molecule has 0 saturated heterocycles. The molecular formula is C8H15N5. The predicted octanol–water partition coefficient (Wildman–Crippen LogP) is 0.504. The zero-order valence-corrected chi connectivity index (χ0v) is 7.82. The molecular weight excluding hydrogens is 166 g/mol. The van der Waals surface area contributed by atoms with E-state index in [2.05, 4.69) is 20.2 Å². The maximum Gasteiger partial charge on any atom is 0.137 e. The molecule has 0 aromatic carbocycles. The topological polar surface area (TPSA) is 79.9 Å². The largest absolute Gasteiger partial charge is 0.387 e. The van der Waals surface area contributed by atoms with Crippen molar-refractivity contribution < 1.29 is 0 Å². The fraction of sp³-hybridized carbons (Fsp3) is 0.625. The average molecular weight is 181 g/mol. The number of rotatable bonds is 5. The summed E-state index contributed by atoms with van der Waals surface area (Å²) in [5.41, 5.74) is 5.55. The van der Waals surface area contributed by atoms with Crippen molar-refractivity contribution in [3.8, 4) is 0 Å². The normalized spacial score (nSPS) is 11.9. The molecule has 0 radical (unpaired) electrons. The minimum Gasteiger partial charge on any atom is -0.387 e. The number of nitrogens with one attached hydrogen (secondary N) is 1. The number of nitrogens with zero attached hydrogens (tertiary/aromatic N) is 3. The van der Waals surface area contributed by atoms with Gasteiger partial charge in [0.15, 0.2) is 0 Å². The van der Waals surface area contributed by atoms with E-state index in [1.54, 1.807) is 0 Å². The van der Waals surface area contributed by atoms with Crippen LogP contribution in [0.2, 0.25) is 0 Å². The summed E-state index contributed by atoms with van der Waals surface area (Å²) in [5, 5.41) is 6.55. The molecule has 0 atom stereocenters. The Hall–Kier alpha value is -1.39. The second-order valence-electron chi connectivity index (χ2n) is 2.76. The highest BCUT2D eigenvalue weighted by atomic mass is 15.2. The molecule has 1 rings (SSSR count). The van der Waals surface area contributed by atoms with Gasteiger partial charge in [-0.25, -0.2) is 4.98 Å². The third-order valence-electron chi connectivity index (χ3n) is 1.71. The predicted molar refractivity (Wildman–Crippen MR) is 51.5 cm³/mol. The molecule has 72 valence electrons. The molecule has 5 nitrogen and oxygen atoms in total. The first kappa shape index (κ1) is 9.70. The lowest BCUT2D eigenvalue weighted by Crippen LogP contribution is -2.10. The molecule has 13 heavy (non-hydrogen) atoms. The van der Waals surface area contributed by atoms with Crippen LogP contribution in [0.25, 0.3) is 0 Å². The summed E-state index contributed by atoms with van der Waals surface area (Å²) >= 11 is 0. The number of aliphatic imine (C=N–C) groups is 1. The highest BCUT2D eigenvalue weighted by Crippen LogP contribution is 1.93. The van der Waals surface area contributed by atoms with Crippen LogP contribution in [0.15, 0.2) is 11.3 Å². The summed E-state index contributed by atoms with van der Waals surface area (Å²) in [6.07, 6.45) is 4.16. The van der Waals surface area contributed by atoms with Gasteiger partial charge in [-0.15, -0.1) is 0 Å². The monoisotopic (exact) mass is 181 g/mol. The molecule has 0 aliphatic rings. The van der Waals surface area contributed by atoms with Crippen LogP contribution in [0.5, 0.6) is 0 Å². The smallest absolute Gasteiger partial charge is 0.137 e. The van der Waals surface area contributed by atoms with Crippen LogP contribution in [0.3, 0.4) is 0 Å². The van der Waals surface area contributed by atoms with Gasteiger partial charge in [-0.2, -0.15) is 5.10 Å². The Labute approximate surface area is 77.5 Å². The fourth-order valence-corrected chi connectivity index (χ4v) is 0.932. The van der Waals surface area contributed by atoms with Gasteiger partial charge >= 0.3 is 0 Å². The maximum atomic E-state index is 5.55. The molecule has 5 heteroatoms.